The first-order valence-corrected chi connectivity index (χ1v) is 7.07. The Labute approximate surface area is 118 Å². The van der Waals surface area contributed by atoms with E-state index < -0.39 is 0 Å². The molecule has 1 N–H and O–H groups in total. The van der Waals surface area contributed by atoms with Crippen LogP contribution in [0.1, 0.15) is 43.7 Å². The second-order valence-corrected chi connectivity index (χ2v) is 5.57. The number of halogens is 2. The highest BCUT2D eigenvalue weighted by Crippen LogP contribution is 2.28. The molecule has 0 heterocycles. The zero-order valence-corrected chi connectivity index (χ0v) is 11.6. The molecule has 2 nitrogen and oxygen atoms in total. The van der Waals surface area contributed by atoms with Crippen LogP contribution in [0.5, 0.6) is 0 Å². The molecule has 1 aromatic carbocycles. The number of nitrogens with one attached hydrogen (secondary N) is 1. The van der Waals surface area contributed by atoms with Crippen molar-refractivity contribution >= 4 is 23.2 Å². The SMILES string of the molecule is N#CC(NC1CCCCC1)c1ccc(Cl)cc1Cl. The van der Waals surface area contributed by atoms with Gasteiger partial charge in [-0.3, -0.25) is 5.32 Å². The molecule has 0 amide bonds. The normalized spacial score (nSPS) is 18.3. The number of nitriles is 1. The maximum atomic E-state index is 9.30. The Hall–Kier alpha value is -0.750. The fourth-order valence-electron chi connectivity index (χ4n) is 2.44. The summed E-state index contributed by atoms with van der Waals surface area (Å²) in [7, 11) is 0. The van der Waals surface area contributed by atoms with E-state index in [1.165, 1.54) is 19.3 Å². The van der Waals surface area contributed by atoms with Crippen LogP contribution in [0.25, 0.3) is 0 Å². The Balaban J connectivity index is 2.10. The van der Waals surface area contributed by atoms with E-state index in [0.29, 0.717) is 16.1 Å². The molecule has 2 rings (SSSR count). The van der Waals surface area contributed by atoms with Crippen LogP contribution in [0.2, 0.25) is 10.0 Å². The summed E-state index contributed by atoms with van der Waals surface area (Å²) in [4.78, 5) is 0. The molecule has 1 aliphatic carbocycles. The van der Waals surface area contributed by atoms with E-state index >= 15 is 0 Å². The minimum Gasteiger partial charge on any atom is -0.295 e. The quantitative estimate of drug-likeness (QED) is 0.887. The molecule has 0 bridgehead atoms. The molecule has 0 spiro atoms. The fraction of sp³-hybridized carbons (Fsp3) is 0.500. The number of nitrogens with zero attached hydrogens (tertiary/aromatic N) is 1. The summed E-state index contributed by atoms with van der Waals surface area (Å²) in [6, 6.07) is 7.65. The minimum absolute atomic E-state index is 0.349. The number of rotatable bonds is 3. The molecule has 0 aromatic heterocycles. The standard InChI is InChI=1S/C14H16Cl2N2/c15-10-6-7-12(13(16)8-10)14(9-17)18-11-4-2-1-3-5-11/h6-8,11,14,18H,1-5H2. The van der Waals surface area contributed by atoms with Crippen LogP contribution in [-0.4, -0.2) is 6.04 Å². The third-order valence-corrected chi connectivity index (χ3v) is 3.97. The zero-order valence-electron chi connectivity index (χ0n) is 10.1. The molecule has 18 heavy (non-hydrogen) atoms. The van der Waals surface area contributed by atoms with Crippen LogP contribution in [0.3, 0.4) is 0 Å². The van der Waals surface area contributed by atoms with Gasteiger partial charge in [-0.25, -0.2) is 0 Å². The van der Waals surface area contributed by atoms with Crippen molar-refractivity contribution in [3.63, 3.8) is 0 Å². The van der Waals surface area contributed by atoms with Gasteiger partial charge in [-0.1, -0.05) is 48.5 Å². The molecule has 1 saturated carbocycles. The van der Waals surface area contributed by atoms with Crippen molar-refractivity contribution in [2.24, 2.45) is 0 Å². The lowest BCUT2D eigenvalue weighted by Crippen LogP contribution is -2.33. The third kappa shape index (κ3) is 3.38. The van der Waals surface area contributed by atoms with Crippen LogP contribution in [-0.2, 0) is 0 Å². The molecule has 1 atom stereocenters. The van der Waals surface area contributed by atoms with Crippen molar-refractivity contribution in [1.82, 2.24) is 5.32 Å². The van der Waals surface area contributed by atoms with Gasteiger partial charge in [0.1, 0.15) is 6.04 Å². The van der Waals surface area contributed by atoms with Gasteiger partial charge in [-0.05, 0) is 25.0 Å². The maximum absolute atomic E-state index is 9.30. The third-order valence-electron chi connectivity index (χ3n) is 3.41. The van der Waals surface area contributed by atoms with E-state index in [0.717, 1.165) is 18.4 Å². The molecule has 1 aromatic rings. The van der Waals surface area contributed by atoms with Crippen molar-refractivity contribution in [3.8, 4) is 6.07 Å². The van der Waals surface area contributed by atoms with E-state index in [2.05, 4.69) is 11.4 Å². The largest absolute Gasteiger partial charge is 0.295 e. The van der Waals surface area contributed by atoms with Crippen LogP contribution >= 0.6 is 23.2 Å². The van der Waals surface area contributed by atoms with E-state index in [-0.39, 0.29) is 6.04 Å². The molecule has 0 aliphatic heterocycles. The second kappa shape index (κ2) is 6.43. The summed E-state index contributed by atoms with van der Waals surface area (Å²) in [6.07, 6.45) is 6.07. The Morgan fingerprint density at radius 3 is 2.56 bits per heavy atom. The summed E-state index contributed by atoms with van der Waals surface area (Å²) in [5, 5.41) is 13.8. The minimum atomic E-state index is -0.349. The van der Waals surface area contributed by atoms with Gasteiger partial charge in [0, 0.05) is 21.7 Å². The zero-order chi connectivity index (χ0) is 13.0. The number of hydrogen-bond acceptors (Lipinski definition) is 2. The predicted octanol–water partition coefficient (Wildman–Crippen LogP) is 4.48. The monoisotopic (exact) mass is 282 g/mol. The van der Waals surface area contributed by atoms with Crippen molar-refractivity contribution in [2.45, 2.75) is 44.2 Å². The molecule has 1 aliphatic rings. The van der Waals surface area contributed by atoms with Gasteiger partial charge in [0.15, 0.2) is 0 Å². The van der Waals surface area contributed by atoms with Crippen LogP contribution in [0, 0.1) is 11.3 Å². The highest BCUT2D eigenvalue weighted by Gasteiger charge is 2.20. The summed E-state index contributed by atoms with van der Waals surface area (Å²) in [6.45, 7) is 0. The Morgan fingerprint density at radius 2 is 1.94 bits per heavy atom. The second-order valence-electron chi connectivity index (χ2n) is 4.73. The maximum Gasteiger partial charge on any atom is 0.123 e. The van der Waals surface area contributed by atoms with E-state index in [4.69, 9.17) is 23.2 Å². The first-order chi connectivity index (χ1) is 8.70. The number of benzene rings is 1. The first-order valence-electron chi connectivity index (χ1n) is 6.31. The lowest BCUT2D eigenvalue weighted by Gasteiger charge is -2.25. The van der Waals surface area contributed by atoms with Gasteiger partial charge in [0.05, 0.1) is 6.07 Å². The van der Waals surface area contributed by atoms with Crippen molar-refractivity contribution in [2.75, 3.05) is 0 Å². The van der Waals surface area contributed by atoms with E-state index in [1.807, 2.05) is 6.07 Å². The summed E-state index contributed by atoms with van der Waals surface area (Å²) in [5.41, 5.74) is 0.814. The van der Waals surface area contributed by atoms with Gasteiger partial charge in [-0.2, -0.15) is 5.26 Å². The average molecular weight is 283 g/mol. The van der Waals surface area contributed by atoms with Gasteiger partial charge in [0.25, 0.3) is 0 Å². The van der Waals surface area contributed by atoms with E-state index in [9.17, 15) is 5.26 Å². The van der Waals surface area contributed by atoms with Crippen LogP contribution < -0.4 is 5.32 Å². The van der Waals surface area contributed by atoms with Gasteiger partial charge in [0.2, 0.25) is 0 Å². The van der Waals surface area contributed by atoms with Crippen LogP contribution in [0.15, 0.2) is 18.2 Å². The van der Waals surface area contributed by atoms with Crippen molar-refractivity contribution in [1.29, 1.82) is 5.26 Å². The highest BCUT2D eigenvalue weighted by atomic mass is 35.5. The average Bonchev–Trinajstić information content (AvgIpc) is 2.38. The topological polar surface area (TPSA) is 35.8 Å². The Morgan fingerprint density at radius 1 is 1.22 bits per heavy atom. The van der Waals surface area contributed by atoms with Crippen molar-refractivity contribution < 1.29 is 0 Å². The van der Waals surface area contributed by atoms with Gasteiger partial charge < -0.3 is 0 Å². The molecule has 0 radical (unpaired) electrons. The molecular weight excluding hydrogens is 267 g/mol. The van der Waals surface area contributed by atoms with Crippen molar-refractivity contribution in [3.05, 3.63) is 33.8 Å². The van der Waals surface area contributed by atoms with Gasteiger partial charge >= 0.3 is 0 Å². The predicted molar refractivity (Wildman–Crippen MR) is 74.8 cm³/mol. The summed E-state index contributed by atoms with van der Waals surface area (Å²) >= 11 is 12.0. The first kappa shape index (κ1) is 13.7. The molecule has 0 saturated heterocycles. The molecule has 1 fully saturated rings. The molecule has 1 unspecified atom stereocenters. The summed E-state index contributed by atoms with van der Waals surface area (Å²) in [5.74, 6) is 0. The van der Waals surface area contributed by atoms with Gasteiger partial charge in [-0.15, -0.1) is 0 Å². The number of hydrogen-bond donors (Lipinski definition) is 1. The molecule has 96 valence electrons. The van der Waals surface area contributed by atoms with Crippen LogP contribution in [0.4, 0.5) is 0 Å². The Bertz CT molecular complexity index is 448. The smallest absolute Gasteiger partial charge is 0.123 e. The fourth-order valence-corrected chi connectivity index (χ4v) is 2.95. The molecule has 4 heteroatoms. The lowest BCUT2D eigenvalue weighted by molar-refractivity contribution is 0.360. The Kier molecular flexibility index (Phi) is 4.88. The summed E-state index contributed by atoms with van der Waals surface area (Å²) < 4.78 is 0. The molecular formula is C14H16Cl2N2. The highest BCUT2D eigenvalue weighted by molar-refractivity contribution is 6.35. The van der Waals surface area contributed by atoms with E-state index in [1.54, 1.807) is 12.1 Å². The lowest BCUT2D eigenvalue weighted by atomic mass is 9.94.